The summed E-state index contributed by atoms with van der Waals surface area (Å²) < 4.78 is 10.4. The van der Waals surface area contributed by atoms with Crippen LogP contribution in [0.2, 0.25) is 0 Å². The minimum absolute atomic E-state index is 0. The van der Waals surface area contributed by atoms with E-state index in [-0.39, 0.29) is 31.1 Å². The van der Waals surface area contributed by atoms with Gasteiger partial charge in [0.2, 0.25) is 0 Å². The average molecular weight is 400 g/mol. The van der Waals surface area contributed by atoms with Crippen molar-refractivity contribution in [3.63, 3.8) is 0 Å². The fourth-order valence-electron chi connectivity index (χ4n) is 2.78. The molecule has 1 aromatic carbocycles. The van der Waals surface area contributed by atoms with Gasteiger partial charge in [0.1, 0.15) is 12.2 Å². The predicted octanol–water partition coefficient (Wildman–Crippen LogP) is 3.68. The number of carbonyl (C=O) groups is 2. The van der Waals surface area contributed by atoms with Gasteiger partial charge >= 0.3 is 12.2 Å². The highest BCUT2D eigenvalue weighted by Gasteiger charge is 2.24. The standard InChI is InChI=1S/C19H29N3O4.ClH/c1-19(2,3)26-18(24)22-21-16-11-9-15(10-12-16)20-17(23)25-13-14-7-5-4-6-8-14;/h4-8,15-16,21H,9-13H2,1-3H3,(H,20,23)(H,22,24);1H/t15-,16-;. The van der Waals surface area contributed by atoms with E-state index < -0.39 is 17.8 Å². The van der Waals surface area contributed by atoms with Crippen molar-refractivity contribution in [2.45, 2.75) is 70.7 Å². The number of alkyl carbamates (subject to hydrolysis) is 1. The molecule has 1 aliphatic carbocycles. The van der Waals surface area contributed by atoms with Crippen LogP contribution in [0, 0.1) is 0 Å². The molecule has 152 valence electrons. The smallest absolute Gasteiger partial charge is 0.422 e. The third-order valence-electron chi connectivity index (χ3n) is 4.04. The molecule has 0 unspecified atom stereocenters. The lowest BCUT2D eigenvalue weighted by Crippen LogP contribution is -2.49. The number of hydrazine groups is 1. The van der Waals surface area contributed by atoms with Gasteiger partial charge in [0.25, 0.3) is 0 Å². The van der Waals surface area contributed by atoms with Crippen LogP contribution in [0.15, 0.2) is 30.3 Å². The Morgan fingerprint density at radius 1 is 1.00 bits per heavy atom. The van der Waals surface area contributed by atoms with Gasteiger partial charge in [-0.2, -0.15) is 0 Å². The molecule has 2 amide bonds. The third-order valence-corrected chi connectivity index (χ3v) is 4.04. The molecule has 7 nitrogen and oxygen atoms in total. The number of nitrogens with one attached hydrogen (secondary N) is 3. The molecule has 0 saturated heterocycles. The van der Waals surface area contributed by atoms with E-state index in [0.29, 0.717) is 0 Å². The first-order chi connectivity index (χ1) is 12.3. The van der Waals surface area contributed by atoms with E-state index in [9.17, 15) is 9.59 Å². The van der Waals surface area contributed by atoms with Crippen molar-refractivity contribution in [1.29, 1.82) is 0 Å². The van der Waals surface area contributed by atoms with Crippen LogP contribution in [-0.2, 0) is 16.1 Å². The Balaban J connectivity index is 0.00000364. The molecule has 0 atom stereocenters. The molecule has 0 spiro atoms. The highest BCUT2D eigenvalue weighted by Crippen LogP contribution is 2.18. The highest BCUT2D eigenvalue weighted by molar-refractivity contribution is 5.85. The Kier molecular flexibility index (Phi) is 9.38. The molecular formula is C19H30ClN3O4. The Morgan fingerprint density at radius 2 is 1.59 bits per heavy atom. The molecule has 0 aliphatic heterocycles. The Bertz CT molecular complexity index is 584. The zero-order valence-electron chi connectivity index (χ0n) is 16.1. The summed E-state index contributed by atoms with van der Waals surface area (Å²) in [7, 11) is 0. The average Bonchev–Trinajstić information content (AvgIpc) is 2.59. The molecule has 1 aliphatic rings. The number of amides is 2. The van der Waals surface area contributed by atoms with E-state index >= 15 is 0 Å². The number of hydrogen-bond donors (Lipinski definition) is 3. The van der Waals surface area contributed by atoms with Crippen molar-refractivity contribution in [3.8, 4) is 0 Å². The Hall–Kier alpha value is -1.99. The van der Waals surface area contributed by atoms with Gasteiger partial charge in [-0.05, 0) is 52.0 Å². The third kappa shape index (κ3) is 9.49. The maximum absolute atomic E-state index is 11.9. The number of benzene rings is 1. The lowest BCUT2D eigenvalue weighted by molar-refractivity contribution is 0.0481. The molecule has 2 rings (SSSR count). The quantitative estimate of drug-likeness (QED) is 0.657. The maximum Gasteiger partial charge on any atom is 0.422 e. The van der Waals surface area contributed by atoms with Crippen molar-refractivity contribution in [2.75, 3.05) is 0 Å². The fraction of sp³-hybridized carbons (Fsp3) is 0.579. The van der Waals surface area contributed by atoms with E-state index in [4.69, 9.17) is 9.47 Å². The zero-order valence-corrected chi connectivity index (χ0v) is 16.9. The summed E-state index contributed by atoms with van der Waals surface area (Å²) in [6.45, 7) is 5.73. The van der Waals surface area contributed by atoms with Crippen LogP contribution in [0.4, 0.5) is 9.59 Å². The van der Waals surface area contributed by atoms with Gasteiger partial charge in [0, 0.05) is 12.1 Å². The summed E-state index contributed by atoms with van der Waals surface area (Å²) in [5.41, 5.74) is 6.02. The summed E-state index contributed by atoms with van der Waals surface area (Å²) >= 11 is 0. The SMILES string of the molecule is CC(C)(C)OC(=O)NN[C@H]1CC[C@H](NC(=O)OCc2ccccc2)CC1.Cl. The minimum atomic E-state index is -0.520. The predicted molar refractivity (Wildman–Crippen MR) is 106 cm³/mol. The second-order valence-corrected chi connectivity index (χ2v) is 7.53. The second-order valence-electron chi connectivity index (χ2n) is 7.53. The van der Waals surface area contributed by atoms with E-state index in [1.807, 2.05) is 51.1 Å². The number of halogens is 1. The van der Waals surface area contributed by atoms with Gasteiger partial charge in [-0.15, -0.1) is 12.4 Å². The van der Waals surface area contributed by atoms with Crippen LogP contribution in [-0.4, -0.2) is 29.9 Å². The first kappa shape index (κ1) is 23.0. The van der Waals surface area contributed by atoms with Crippen molar-refractivity contribution in [2.24, 2.45) is 0 Å². The second kappa shape index (κ2) is 11.0. The summed E-state index contributed by atoms with van der Waals surface area (Å²) in [5, 5.41) is 2.90. The van der Waals surface area contributed by atoms with Crippen LogP contribution in [0.25, 0.3) is 0 Å². The van der Waals surface area contributed by atoms with E-state index in [0.717, 1.165) is 31.2 Å². The molecule has 0 heterocycles. The number of carbonyl (C=O) groups excluding carboxylic acids is 2. The molecule has 1 saturated carbocycles. The van der Waals surface area contributed by atoms with E-state index in [2.05, 4.69) is 16.2 Å². The zero-order chi connectivity index (χ0) is 19.0. The van der Waals surface area contributed by atoms with Crippen LogP contribution in [0.1, 0.15) is 52.0 Å². The molecule has 8 heteroatoms. The largest absolute Gasteiger partial charge is 0.445 e. The van der Waals surface area contributed by atoms with Gasteiger partial charge in [-0.1, -0.05) is 30.3 Å². The molecule has 3 N–H and O–H groups in total. The molecule has 0 bridgehead atoms. The number of hydrogen-bond acceptors (Lipinski definition) is 5. The summed E-state index contributed by atoms with van der Waals surface area (Å²) in [4.78, 5) is 23.5. The lowest BCUT2D eigenvalue weighted by Gasteiger charge is -2.29. The van der Waals surface area contributed by atoms with Gasteiger partial charge in [-0.3, -0.25) is 5.43 Å². The van der Waals surface area contributed by atoms with Gasteiger partial charge in [-0.25, -0.2) is 15.0 Å². The molecule has 1 aromatic rings. The van der Waals surface area contributed by atoms with Crippen LogP contribution < -0.4 is 16.2 Å². The normalized spacial score (nSPS) is 19.4. The lowest BCUT2D eigenvalue weighted by atomic mass is 9.92. The molecule has 27 heavy (non-hydrogen) atoms. The van der Waals surface area contributed by atoms with E-state index in [1.54, 1.807) is 0 Å². The van der Waals surface area contributed by atoms with E-state index in [1.165, 1.54) is 0 Å². The van der Waals surface area contributed by atoms with Crippen LogP contribution >= 0.6 is 12.4 Å². The summed E-state index contributed by atoms with van der Waals surface area (Å²) in [5.74, 6) is 0. The number of rotatable bonds is 5. The fourth-order valence-corrected chi connectivity index (χ4v) is 2.78. The molecule has 0 aromatic heterocycles. The Labute approximate surface area is 166 Å². The van der Waals surface area contributed by atoms with Crippen molar-refractivity contribution >= 4 is 24.6 Å². The summed E-state index contributed by atoms with van der Waals surface area (Å²) in [6.07, 6.45) is 2.47. The summed E-state index contributed by atoms with van der Waals surface area (Å²) in [6, 6.07) is 9.85. The molecular weight excluding hydrogens is 370 g/mol. The highest BCUT2D eigenvalue weighted by atomic mass is 35.5. The van der Waals surface area contributed by atoms with Crippen LogP contribution in [0.5, 0.6) is 0 Å². The topological polar surface area (TPSA) is 88.7 Å². The van der Waals surface area contributed by atoms with Gasteiger partial charge in [0.15, 0.2) is 0 Å². The monoisotopic (exact) mass is 399 g/mol. The van der Waals surface area contributed by atoms with Crippen molar-refractivity contribution in [1.82, 2.24) is 16.2 Å². The minimum Gasteiger partial charge on any atom is -0.445 e. The van der Waals surface area contributed by atoms with Crippen molar-refractivity contribution < 1.29 is 19.1 Å². The van der Waals surface area contributed by atoms with Gasteiger partial charge < -0.3 is 14.8 Å². The molecule has 0 radical (unpaired) electrons. The number of ether oxygens (including phenoxy) is 2. The van der Waals surface area contributed by atoms with Crippen molar-refractivity contribution in [3.05, 3.63) is 35.9 Å². The first-order valence-corrected chi connectivity index (χ1v) is 9.03. The first-order valence-electron chi connectivity index (χ1n) is 9.03. The maximum atomic E-state index is 11.9. The molecule has 1 fully saturated rings. The van der Waals surface area contributed by atoms with Gasteiger partial charge in [0.05, 0.1) is 0 Å². The van der Waals surface area contributed by atoms with Crippen LogP contribution in [0.3, 0.4) is 0 Å². The Morgan fingerprint density at radius 3 is 2.19 bits per heavy atom.